The number of nitrogens with zero attached hydrogens (tertiary/aromatic N) is 1. The monoisotopic (exact) mass is 311 g/mol. The molecule has 0 saturated carbocycles. The van der Waals surface area contributed by atoms with E-state index in [1.807, 2.05) is 0 Å². The van der Waals surface area contributed by atoms with Crippen LogP contribution >= 0.6 is 15.9 Å². The van der Waals surface area contributed by atoms with Crippen molar-refractivity contribution in [3.63, 3.8) is 0 Å². The second-order valence-corrected chi connectivity index (χ2v) is 4.47. The number of carbonyl (C=O) groups is 2. The number of ether oxygens (including phenoxy) is 1. The lowest BCUT2D eigenvalue weighted by molar-refractivity contribution is -0.138. The van der Waals surface area contributed by atoms with Gasteiger partial charge in [-0.2, -0.15) is 5.26 Å². The second kappa shape index (κ2) is 6.77. The number of hydrogen-bond acceptors (Lipinski definition) is 4. The lowest BCUT2D eigenvalue weighted by Crippen LogP contribution is -2.15. The largest absolute Gasteiger partial charge is 0.481 e. The highest BCUT2D eigenvalue weighted by molar-refractivity contribution is 9.10. The van der Waals surface area contributed by atoms with Gasteiger partial charge in [-0.1, -0.05) is 15.9 Å². The number of halogens is 1. The van der Waals surface area contributed by atoms with E-state index in [0.717, 1.165) is 4.47 Å². The summed E-state index contributed by atoms with van der Waals surface area (Å²) < 4.78 is 5.83. The Bertz CT molecular complexity index is 478. The Labute approximate surface area is 112 Å². The average Bonchev–Trinajstić information content (AvgIpc) is 2.30. The molecule has 0 saturated heterocycles. The first kappa shape index (κ1) is 14.2. The summed E-state index contributed by atoms with van der Waals surface area (Å²) in [6.07, 6.45) is -0.606. The average molecular weight is 312 g/mol. The Morgan fingerprint density at radius 2 is 1.94 bits per heavy atom. The van der Waals surface area contributed by atoms with Gasteiger partial charge in [0.2, 0.25) is 0 Å². The third kappa shape index (κ3) is 4.97. The van der Waals surface area contributed by atoms with Gasteiger partial charge in [0.15, 0.2) is 0 Å². The molecule has 0 aromatic heterocycles. The topological polar surface area (TPSA) is 87.4 Å². The Balaban J connectivity index is 2.53. The number of carbonyl (C=O) groups excluding carboxylic acids is 1. The van der Waals surface area contributed by atoms with Crippen molar-refractivity contribution in [2.24, 2.45) is 5.92 Å². The first-order chi connectivity index (χ1) is 8.51. The van der Waals surface area contributed by atoms with E-state index in [2.05, 4.69) is 15.9 Å². The summed E-state index contributed by atoms with van der Waals surface area (Å²) in [4.78, 5) is 21.9. The molecule has 0 aliphatic carbocycles. The van der Waals surface area contributed by atoms with Crippen molar-refractivity contribution in [1.29, 1.82) is 5.26 Å². The SMILES string of the molecule is N#CC(CC(=O)O)CC(=O)Oc1ccc(Br)cc1. The minimum absolute atomic E-state index is 0.237. The van der Waals surface area contributed by atoms with Crippen molar-refractivity contribution < 1.29 is 19.4 Å². The molecule has 1 aromatic carbocycles. The van der Waals surface area contributed by atoms with Crippen LogP contribution in [0.15, 0.2) is 28.7 Å². The van der Waals surface area contributed by atoms with E-state index in [0.29, 0.717) is 5.75 Å². The van der Waals surface area contributed by atoms with E-state index >= 15 is 0 Å². The smallest absolute Gasteiger partial charge is 0.312 e. The fraction of sp³-hybridized carbons (Fsp3) is 0.250. The molecule has 0 amide bonds. The van der Waals surface area contributed by atoms with Crippen LogP contribution in [0.4, 0.5) is 0 Å². The maximum absolute atomic E-state index is 11.5. The van der Waals surface area contributed by atoms with Gasteiger partial charge in [-0.05, 0) is 24.3 Å². The van der Waals surface area contributed by atoms with E-state index in [4.69, 9.17) is 15.1 Å². The maximum Gasteiger partial charge on any atom is 0.312 e. The van der Waals surface area contributed by atoms with Crippen LogP contribution in [-0.4, -0.2) is 17.0 Å². The summed E-state index contributed by atoms with van der Waals surface area (Å²) >= 11 is 3.24. The number of carboxylic acid groups (broad SMARTS) is 1. The predicted octanol–water partition coefficient (Wildman–Crippen LogP) is 2.36. The third-order valence-corrected chi connectivity index (χ3v) is 2.59. The van der Waals surface area contributed by atoms with E-state index in [9.17, 15) is 9.59 Å². The van der Waals surface area contributed by atoms with Crippen molar-refractivity contribution in [2.75, 3.05) is 0 Å². The van der Waals surface area contributed by atoms with Crippen LogP contribution < -0.4 is 4.74 Å². The van der Waals surface area contributed by atoms with Crippen LogP contribution in [0.3, 0.4) is 0 Å². The molecule has 1 aromatic rings. The number of carboxylic acids is 1. The van der Waals surface area contributed by atoms with Gasteiger partial charge in [-0.3, -0.25) is 9.59 Å². The van der Waals surface area contributed by atoms with E-state index < -0.39 is 17.9 Å². The molecule has 0 aliphatic rings. The molecule has 0 bridgehead atoms. The quantitative estimate of drug-likeness (QED) is 0.666. The minimum Gasteiger partial charge on any atom is -0.481 e. The fourth-order valence-electron chi connectivity index (χ4n) is 1.25. The van der Waals surface area contributed by atoms with Crippen LogP contribution in [0, 0.1) is 17.2 Å². The summed E-state index contributed by atoms with van der Waals surface area (Å²) in [5, 5.41) is 17.2. The molecule has 0 heterocycles. The molecule has 94 valence electrons. The zero-order valence-electron chi connectivity index (χ0n) is 9.30. The molecular formula is C12H10BrNO4. The van der Waals surface area contributed by atoms with Gasteiger partial charge in [0.25, 0.3) is 0 Å². The summed E-state index contributed by atoms with van der Waals surface area (Å²) in [7, 11) is 0. The highest BCUT2D eigenvalue weighted by Gasteiger charge is 2.18. The number of nitriles is 1. The van der Waals surface area contributed by atoms with Crippen molar-refractivity contribution >= 4 is 27.9 Å². The number of aliphatic carboxylic acids is 1. The first-order valence-electron chi connectivity index (χ1n) is 5.09. The molecule has 1 atom stereocenters. The maximum atomic E-state index is 11.5. The Hall–Kier alpha value is -1.87. The fourth-order valence-corrected chi connectivity index (χ4v) is 1.52. The molecule has 0 fully saturated rings. The van der Waals surface area contributed by atoms with Crippen molar-refractivity contribution in [3.8, 4) is 11.8 Å². The molecule has 0 spiro atoms. The number of rotatable bonds is 5. The van der Waals surface area contributed by atoms with Crippen LogP contribution in [0.1, 0.15) is 12.8 Å². The van der Waals surface area contributed by atoms with Gasteiger partial charge in [0.1, 0.15) is 5.75 Å². The van der Waals surface area contributed by atoms with Gasteiger partial charge < -0.3 is 9.84 Å². The van der Waals surface area contributed by atoms with Gasteiger partial charge in [0.05, 0.1) is 24.8 Å². The van der Waals surface area contributed by atoms with Crippen LogP contribution in [0.2, 0.25) is 0 Å². The Morgan fingerprint density at radius 3 is 2.44 bits per heavy atom. The van der Waals surface area contributed by atoms with Gasteiger partial charge >= 0.3 is 11.9 Å². The van der Waals surface area contributed by atoms with Crippen LogP contribution in [0.25, 0.3) is 0 Å². The molecule has 1 rings (SSSR count). The molecular weight excluding hydrogens is 302 g/mol. The van der Waals surface area contributed by atoms with Gasteiger partial charge in [-0.15, -0.1) is 0 Å². The van der Waals surface area contributed by atoms with Gasteiger partial charge in [0, 0.05) is 4.47 Å². The van der Waals surface area contributed by atoms with Crippen LogP contribution in [0.5, 0.6) is 5.75 Å². The van der Waals surface area contributed by atoms with Crippen LogP contribution in [-0.2, 0) is 9.59 Å². The lowest BCUT2D eigenvalue weighted by atomic mass is 10.0. The molecule has 0 radical (unpaired) electrons. The number of hydrogen-bond donors (Lipinski definition) is 1. The molecule has 1 N–H and O–H groups in total. The number of esters is 1. The summed E-state index contributed by atoms with van der Waals surface area (Å²) in [6, 6.07) is 8.39. The molecule has 1 unspecified atom stereocenters. The molecule has 5 nitrogen and oxygen atoms in total. The second-order valence-electron chi connectivity index (χ2n) is 3.56. The van der Waals surface area contributed by atoms with Gasteiger partial charge in [-0.25, -0.2) is 0 Å². The minimum atomic E-state index is -1.11. The standard InChI is InChI=1S/C12H10BrNO4/c13-9-1-3-10(4-2-9)18-12(17)6-8(7-14)5-11(15)16/h1-4,8H,5-6H2,(H,15,16). The van der Waals surface area contributed by atoms with Crippen molar-refractivity contribution in [2.45, 2.75) is 12.8 Å². The predicted molar refractivity (Wildman–Crippen MR) is 65.7 cm³/mol. The molecule has 18 heavy (non-hydrogen) atoms. The zero-order valence-corrected chi connectivity index (χ0v) is 10.9. The first-order valence-corrected chi connectivity index (χ1v) is 5.88. The van der Waals surface area contributed by atoms with E-state index in [-0.39, 0.29) is 12.8 Å². The third-order valence-electron chi connectivity index (χ3n) is 2.06. The highest BCUT2D eigenvalue weighted by Crippen LogP contribution is 2.17. The summed E-state index contributed by atoms with van der Waals surface area (Å²) in [5.41, 5.74) is 0. The molecule has 0 aliphatic heterocycles. The zero-order chi connectivity index (χ0) is 13.5. The highest BCUT2D eigenvalue weighted by atomic mass is 79.9. The Morgan fingerprint density at radius 1 is 1.33 bits per heavy atom. The lowest BCUT2D eigenvalue weighted by Gasteiger charge is -2.06. The Kier molecular flexibility index (Phi) is 5.33. The summed E-state index contributed by atoms with van der Waals surface area (Å²) in [5.74, 6) is -2.25. The number of benzene rings is 1. The normalized spacial score (nSPS) is 11.3. The van der Waals surface area contributed by atoms with E-state index in [1.54, 1.807) is 30.3 Å². The molecule has 6 heteroatoms. The summed E-state index contributed by atoms with van der Waals surface area (Å²) in [6.45, 7) is 0. The van der Waals surface area contributed by atoms with Crippen molar-refractivity contribution in [3.05, 3.63) is 28.7 Å². The van der Waals surface area contributed by atoms with E-state index in [1.165, 1.54) is 0 Å². The van der Waals surface area contributed by atoms with Crippen molar-refractivity contribution in [1.82, 2.24) is 0 Å².